The number of aromatic nitrogens is 2. The van der Waals surface area contributed by atoms with Crippen molar-refractivity contribution in [3.8, 4) is 17.1 Å². The van der Waals surface area contributed by atoms with E-state index in [0.717, 1.165) is 5.56 Å². The van der Waals surface area contributed by atoms with Gasteiger partial charge in [-0.1, -0.05) is 17.3 Å². The predicted molar refractivity (Wildman–Crippen MR) is 92.6 cm³/mol. The molecule has 0 bridgehead atoms. The number of aromatic hydroxyl groups is 1. The molecule has 1 aromatic heterocycles. The maximum atomic E-state index is 13.2. The van der Waals surface area contributed by atoms with Gasteiger partial charge in [-0.25, -0.2) is 4.39 Å². The lowest BCUT2D eigenvalue weighted by Crippen LogP contribution is -2.26. The molecule has 0 spiro atoms. The van der Waals surface area contributed by atoms with Crippen LogP contribution in [0.2, 0.25) is 0 Å². The number of halogens is 1. The van der Waals surface area contributed by atoms with Crippen LogP contribution in [0, 0.1) is 5.82 Å². The van der Waals surface area contributed by atoms with Crippen LogP contribution >= 0.6 is 0 Å². The van der Waals surface area contributed by atoms with Gasteiger partial charge >= 0.3 is 0 Å². The molecule has 0 aliphatic carbocycles. The average molecular weight is 355 g/mol. The number of rotatable bonds is 6. The van der Waals surface area contributed by atoms with E-state index in [1.807, 2.05) is 0 Å². The summed E-state index contributed by atoms with van der Waals surface area (Å²) in [5, 5.41) is 13.2. The van der Waals surface area contributed by atoms with Gasteiger partial charge in [-0.3, -0.25) is 4.79 Å². The fraction of sp³-hybridized carbons (Fsp3) is 0.211. The van der Waals surface area contributed by atoms with Crippen LogP contribution in [0.3, 0.4) is 0 Å². The van der Waals surface area contributed by atoms with Crippen LogP contribution in [0.5, 0.6) is 5.75 Å². The number of hydrogen-bond acceptors (Lipinski definition) is 5. The molecule has 0 radical (unpaired) electrons. The molecule has 0 fully saturated rings. The molecule has 6 nitrogen and oxygen atoms in total. The van der Waals surface area contributed by atoms with Crippen molar-refractivity contribution in [1.29, 1.82) is 0 Å². The maximum absolute atomic E-state index is 13.2. The van der Waals surface area contributed by atoms with Crippen molar-refractivity contribution in [2.45, 2.75) is 19.4 Å². The molecule has 0 aliphatic rings. The minimum absolute atomic E-state index is 0.0985. The zero-order chi connectivity index (χ0) is 18.5. The number of nitrogens with zero attached hydrogens (tertiary/aromatic N) is 3. The highest BCUT2D eigenvalue weighted by molar-refractivity contribution is 5.76. The molecular weight excluding hydrogens is 337 g/mol. The summed E-state index contributed by atoms with van der Waals surface area (Å²) in [6.45, 7) is 0.333. The van der Waals surface area contributed by atoms with Crippen LogP contribution in [-0.2, 0) is 17.8 Å². The van der Waals surface area contributed by atoms with Crippen LogP contribution in [0.15, 0.2) is 53.1 Å². The van der Waals surface area contributed by atoms with E-state index in [0.29, 0.717) is 30.2 Å². The Morgan fingerprint density at radius 3 is 2.73 bits per heavy atom. The first-order valence-corrected chi connectivity index (χ1v) is 8.11. The Morgan fingerprint density at radius 1 is 1.23 bits per heavy atom. The third-order valence-electron chi connectivity index (χ3n) is 3.88. The minimum Gasteiger partial charge on any atom is -0.508 e. The summed E-state index contributed by atoms with van der Waals surface area (Å²) in [4.78, 5) is 18.0. The van der Waals surface area contributed by atoms with Crippen molar-refractivity contribution in [3.05, 3.63) is 65.8 Å². The van der Waals surface area contributed by atoms with E-state index in [4.69, 9.17) is 4.52 Å². The number of amides is 1. The Balaban J connectivity index is 1.55. The van der Waals surface area contributed by atoms with E-state index in [-0.39, 0.29) is 23.9 Å². The third kappa shape index (κ3) is 4.44. The molecule has 0 saturated heterocycles. The number of aryl methyl sites for hydroxylation is 1. The average Bonchev–Trinajstić information content (AvgIpc) is 3.09. The molecule has 2 aromatic carbocycles. The van der Waals surface area contributed by atoms with E-state index in [1.165, 1.54) is 29.2 Å². The number of carbonyl (C=O) groups is 1. The molecule has 0 saturated carbocycles. The fourth-order valence-corrected chi connectivity index (χ4v) is 2.49. The number of phenolic OH excluding ortho intramolecular Hbond substituents is 1. The van der Waals surface area contributed by atoms with Gasteiger partial charge in [0.05, 0.1) is 0 Å². The summed E-state index contributed by atoms with van der Waals surface area (Å²) in [7, 11) is 1.67. The molecule has 1 amide bonds. The third-order valence-corrected chi connectivity index (χ3v) is 3.88. The Bertz CT molecular complexity index is 893. The van der Waals surface area contributed by atoms with Crippen molar-refractivity contribution in [1.82, 2.24) is 15.0 Å². The Hall–Kier alpha value is -3.22. The summed E-state index contributed by atoms with van der Waals surface area (Å²) in [5.74, 6) is 0.500. The van der Waals surface area contributed by atoms with Crippen LogP contribution in [0.25, 0.3) is 11.4 Å². The van der Waals surface area contributed by atoms with Gasteiger partial charge in [-0.15, -0.1) is 0 Å². The van der Waals surface area contributed by atoms with Crippen LogP contribution in [-0.4, -0.2) is 33.1 Å². The van der Waals surface area contributed by atoms with Gasteiger partial charge in [0.25, 0.3) is 0 Å². The SMILES string of the molecule is CN(Cc1cccc(F)c1)C(=O)CCc1nc(-c2ccc(O)cc2)no1. The van der Waals surface area contributed by atoms with Crippen molar-refractivity contribution < 1.29 is 18.8 Å². The lowest BCUT2D eigenvalue weighted by molar-refractivity contribution is -0.130. The van der Waals surface area contributed by atoms with E-state index in [1.54, 1.807) is 31.3 Å². The van der Waals surface area contributed by atoms with Gasteiger partial charge in [0.15, 0.2) is 0 Å². The number of hydrogen-bond donors (Lipinski definition) is 1. The molecule has 3 aromatic rings. The standard InChI is InChI=1S/C19H18FN3O3/c1-23(12-13-3-2-4-15(20)11-13)18(25)10-9-17-21-19(22-26-17)14-5-7-16(24)8-6-14/h2-8,11,24H,9-10,12H2,1H3. The molecule has 0 unspecified atom stereocenters. The van der Waals surface area contributed by atoms with Crippen molar-refractivity contribution in [2.24, 2.45) is 0 Å². The van der Waals surface area contributed by atoms with E-state index in [9.17, 15) is 14.3 Å². The molecule has 3 rings (SSSR count). The summed E-state index contributed by atoms with van der Waals surface area (Å²) in [6, 6.07) is 12.6. The predicted octanol–water partition coefficient (Wildman–Crippen LogP) is 3.17. The van der Waals surface area contributed by atoms with Gasteiger partial charge < -0.3 is 14.5 Å². The van der Waals surface area contributed by atoms with Crippen LogP contribution in [0.1, 0.15) is 17.9 Å². The molecule has 26 heavy (non-hydrogen) atoms. The number of carbonyl (C=O) groups excluding carboxylic acids is 1. The first kappa shape index (κ1) is 17.6. The quantitative estimate of drug-likeness (QED) is 0.735. The lowest BCUT2D eigenvalue weighted by Gasteiger charge is -2.16. The van der Waals surface area contributed by atoms with Crippen LogP contribution in [0.4, 0.5) is 4.39 Å². The van der Waals surface area contributed by atoms with Gasteiger partial charge in [-0.2, -0.15) is 4.98 Å². The zero-order valence-electron chi connectivity index (χ0n) is 14.2. The van der Waals surface area contributed by atoms with Gasteiger partial charge in [0, 0.05) is 32.0 Å². The summed E-state index contributed by atoms with van der Waals surface area (Å²) >= 11 is 0. The van der Waals surface area contributed by atoms with E-state index in [2.05, 4.69) is 10.1 Å². The van der Waals surface area contributed by atoms with Gasteiger partial charge in [-0.05, 0) is 42.0 Å². The highest BCUT2D eigenvalue weighted by atomic mass is 19.1. The first-order valence-electron chi connectivity index (χ1n) is 8.11. The zero-order valence-corrected chi connectivity index (χ0v) is 14.2. The molecule has 1 N–H and O–H groups in total. The second-order valence-corrected chi connectivity index (χ2v) is 5.94. The normalized spacial score (nSPS) is 10.7. The molecule has 134 valence electrons. The molecule has 1 heterocycles. The van der Waals surface area contributed by atoms with Crippen LogP contribution < -0.4 is 0 Å². The Morgan fingerprint density at radius 2 is 2.00 bits per heavy atom. The minimum atomic E-state index is -0.323. The van der Waals surface area contributed by atoms with Crippen molar-refractivity contribution in [3.63, 3.8) is 0 Å². The second kappa shape index (κ2) is 7.77. The molecule has 7 heteroatoms. The second-order valence-electron chi connectivity index (χ2n) is 5.94. The van der Waals surface area contributed by atoms with E-state index >= 15 is 0 Å². The van der Waals surface area contributed by atoms with Crippen molar-refractivity contribution >= 4 is 5.91 Å². The fourth-order valence-electron chi connectivity index (χ4n) is 2.49. The smallest absolute Gasteiger partial charge is 0.227 e. The van der Waals surface area contributed by atoms with Gasteiger partial charge in [0.2, 0.25) is 17.6 Å². The maximum Gasteiger partial charge on any atom is 0.227 e. The molecule has 0 atom stereocenters. The number of benzene rings is 2. The van der Waals surface area contributed by atoms with Crippen molar-refractivity contribution in [2.75, 3.05) is 7.05 Å². The number of phenols is 1. The summed E-state index contributed by atoms with van der Waals surface area (Å²) in [6.07, 6.45) is 0.528. The Kier molecular flexibility index (Phi) is 5.26. The largest absolute Gasteiger partial charge is 0.508 e. The van der Waals surface area contributed by atoms with Gasteiger partial charge in [0.1, 0.15) is 11.6 Å². The molecule has 0 aliphatic heterocycles. The topological polar surface area (TPSA) is 79.5 Å². The summed E-state index contributed by atoms with van der Waals surface area (Å²) in [5.41, 5.74) is 1.45. The summed E-state index contributed by atoms with van der Waals surface area (Å²) < 4.78 is 18.4. The highest BCUT2D eigenvalue weighted by Gasteiger charge is 2.14. The highest BCUT2D eigenvalue weighted by Crippen LogP contribution is 2.19. The first-order chi connectivity index (χ1) is 12.5. The monoisotopic (exact) mass is 355 g/mol. The Labute approximate surface area is 149 Å². The molecular formula is C19H18FN3O3. The van der Waals surface area contributed by atoms with E-state index < -0.39 is 0 Å². The lowest BCUT2D eigenvalue weighted by atomic mass is 10.2.